The highest BCUT2D eigenvalue weighted by Crippen LogP contribution is 2.26. The highest BCUT2D eigenvalue weighted by atomic mass is 16.5. The topological polar surface area (TPSA) is 94.5 Å². The van der Waals surface area contributed by atoms with Crippen LogP contribution in [0.5, 0.6) is 0 Å². The maximum Gasteiger partial charge on any atom is 0.219 e. The van der Waals surface area contributed by atoms with Crippen LogP contribution in [0.1, 0.15) is 12.6 Å². The zero-order valence-corrected chi connectivity index (χ0v) is 13.5. The van der Waals surface area contributed by atoms with Crippen LogP contribution < -0.4 is 10.6 Å². The van der Waals surface area contributed by atoms with Crippen LogP contribution in [0.4, 0.5) is 11.8 Å². The average molecular weight is 325 g/mol. The standard InChI is InChI=1S/C16H19N7O/c1-2-12-7-14-15(22-3-5-24-6-4-22)20-13(10-23(14)21-12)11-8-18-16(17)19-9-11/h7-10H,2-6H2,1H3,(H2,17,18,19). The first-order chi connectivity index (χ1) is 11.7. The maximum absolute atomic E-state index is 5.58. The monoisotopic (exact) mass is 325 g/mol. The summed E-state index contributed by atoms with van der Waals surface area (Å²) in [6, 6.07) is 2.10. The van der Waals surface area contributed by atoms with Crippen molar-refractivity contribution in [2.24, 2.45) is 0 Å². The Labute approximate surface area is 139 Å². The molecular formula is C16H19N7O. The van der Waals surface area contributed by atoms with E-state index >= 15 is 0 Å². The molecule has 124 valence electrons. The van der Waals surface area contributed by atoms with Gasteiger partial charge in [0.05, 0.1) is 30.8 Å². The van der Waals surface area contributed by atoms with Crippen LogP contribution >= 0.6 is 0 Å². The quantitative estimate of drug-likeness (QED) is 0.772. The number of rotatable bonds is 3. The molecule has 0 aromatic carbocycles. The lowest BCUT2D eigenvalue weighted by Gasteiger charge is -2.28. The van der Waals surface area contributed by atoms with Crippen molar-refractivity contribution < 1.29 is 4.74 Å². The van der Waals surface area contributed by atoms with Gasteiger partial charge in [0.2, 0.25) is 5.95 Å². The van der Waals surface area contributed by atoms with E-state index < -0.39 is 0 Å². The van der Waals surface area contributed by atoms with Crippen LogP contribution in [0.3, 0.4) is 0 Å². The van der Waals surface area contributed by atoms with E-state index in [-0.39, 0.29) is 5.95 Å². The molecule has 1 saturated heterocycles. The summed E-state index contributed by atoms with van der Waals surface area (Å²) in [6.45, 7) is 5.14. The van der Waals surface area contributed by atoms with Crippen LogP contribution in [-0.2, 0) is 11.2 Å². The molecular weight excluding hydrogens is 306 g/mol. The Morgan fingerprint density at radius 2 is 1.96 bits per heavy atom. The normalized spacial score (nSPS) is 15.1. The summed E-state index contributed by atoms with van der Waals surface area (Å²) in [5.41, 5.74) is 9.22. The lowest BCUT2D eigenvalue weighted by atomic mass is 10.2. The van der Waals surface area contributed by atoms with Gasteiger partial charge in [0.1, 0.15) is 5.52 Å². The first-order valence-corrected chi connectivity index (χ1v) is 8.04. The van der Waals surface area contributed by atoms with Gasteiger partial charge in [-0.1, -0.05) is 6.92 Å². The number of ether oxygens (including phenoxy) is 1. The summed E-state index contributed by atoms with van der Waals surface area (Å²) >= 11 is 0. The summed E-state index contributed by atoms with van der Waals surface area (Å²) in [7, 11) is 0. The molecule has 0 saturated carbocycles. The molecule has 0 bridgehead atoms. The lowest BCUT2D eigenvalue weighted by molar-refractivity contribution is 0.122. The minimum atomic E-state index is 0.251. The Balaban J connectivity index is 1.87. The van der Waals surface area contributed by atoms with Gasteiger partial charge in [-0.15, -0.1) is 0 Å². The second-order valence-corrected chi connectivity index (χ2v) is 5.70. The lowest BCUT2D eigenvalue weighted by Crippen LogP contribution is -2.37. The molecule has 2 N–H and O–H groups in total. The number of morpholine rings is 1. The summed E-state index contributed by atoms with van der Waals surface area (Å²) in [5.74, 6) is 1.17. The van der Waals surface area contributed by atoms with Crippen molar-refractivity contribution in [3.05, 3.63) is 30.4 Å². The van der Waals surface area contributed by atoms with Crippen molar-refractivity contribution >= 4 is 17.3 Å². The van der Waals surface area contributed by atoms with E-state index in [0.29, 0.717) is 13.2 Å². The molecule has 0 spiro atoms. The van der Waals surface area contributed by atoms with Crippen LogP contribution in [0.25, 0.3) is 16.8 Å². The van der Waals surface area contributed by atoms with E-state index in [9.17, 15) is 0 Å². The van der Waals surface area contributed by atoms with Crippen molar-refractivity contribution in [1.82, 2.24) is 24.6 Å². The molecule has 0 unspecified atom stereocenters. The van der Waals surface area contributed by atoms with Gasteiger partial charge in [-0.05, 0) is 12.5 Å². The molecule has 1 aliphatic heterocycles. The summed E-state index contributed by atoms with van der Waals surface area (Å²) in [5, 5.41) is 4.64. The Hall–Kier alpha value is -2.74. The van der Waals surface area contributed by atoms with Crippen LogP contribution in [-0.4, -0.2) is 50.9 Å². The van der Waals surface area contributed by atoms with Crippen molar-refractivity contribution in [1.29, 1.82) is 0 Å². The third-order valence-electron chi connectivity index (χ3n) is 4.13. The molecule has 8 nitrogen and oxygen atoms in total. The van der Waals surface area contributed by atoms with E-state index in [0.717, 1.165) is 47.8 Å². The van der Waals surface area contributed by atoms with Gasteiger partial charge in [0.15, 0.2) is 5.82 Å². The second-order valence-electron chi connectivity index (χ2n) is 5.70. The summed E-state index contributed by atoms with van der Waals surface area (Å²) in [6.07, 6.45) is 6.16. The second kappa shape index (κ2) is 6.04. The SMILES string of the molecule is CCc1cc2c(N3CCOCC3)nc(-c3cnc(N)nc3)cn2n1. The van der Waals surface area contributed by atoms with E-state index in [1.807, 2.05) is 10.7 Å². The van der Waals surface area contributed by atoms with E-state index in [4.69, 9.17) is 15.5 Å². The predicted octanol–water partition coefficient (Wildman–Crippen LogP) is 1.17. The average Bonchev–Trinajstić information content (AvgIpc) is 3.05. The molecule has 0 radical (unpaired) electrons. The number of hydrogen-bond donors (Lipinski definition) is 1. The van der Waals surface area contributed by atoms with Crippen LogP contribution in [0, 0.1) is 0 Å². The first kappa shape index (κ1) is 14.8. The highest BCUT2D eigenvalue weighted by molar-refractivity contribution is 5.73. The number of nitrogens with two attached hydrogens (primary N) is 1. The summed E-state index contributed by atoms with van der Waals surface area (Å²) < 4.78 is 7.35. The first-order valence-electron chi connectivity index (χ1n) is 8.04. The van der Waals surface area contributed by atoms with Crippen molar-refractivity contribution in [2.75, 3.05) is 36.9 Å². The molecule has 0 atom stereocenters. The molecule has 4 heterocycles. The van der Waals surface area contributed by atoms with Gasteiger partial charge in [0.25, 0.3) is 0 Å². The molecule has 0 aliphatic carbocycles. The molecule has 3 aromatic rings. The molecule has 24 heavy (non-hydrogen) atoms. The van der Waals surface area contributed by atoms with Crippen molar-refractivity contribution in [3.63, 3.8) is 0 Å². The number of aromatic nitrogens is 5. The van der Waals surface area contributed by atoms with Crippen molar-refractivity contribution in [2.45, 2.75) is 13.3 Å². The maximum atomic E-state index is 5.58. The number of nitrogen functional groups attached to an aromatic ring is 1. The fourth-order valence-corrected chi connectivity index (χ4v) is 2.82. The van der Waals surface area contributed by atoms with E-state index in [1.165, 1.54) is 0 Å². The van der Waals surface area contributed by atoms with Crippen molar-refractivity contribution in [3.8, 4) is 11.3 Å². The Bertz CT molecular complexity index is 853. The van der Waals surface area contributed by atoms with Gasteiger partial charge in [-0.25, -0.2) is 19.5 Å². The van der Waals surface area contributed by atoms with Gasteiger partial charge >= 0.3 is 0 Å². The third kappa shape index (κ3) is 2.65. The number of nitrogens with zero attached hydrogens (tertiary/aromatic N) is 6. The molecule has 0 amide bonds. The highest BCUT2D eigenvalue weighted by Gasteiger charge is 2.19. The summed E-state index contributed by atoms with van der Waals surface area (Å²) in [4.78, 5) is 15.2. The molecule has 1 aliphatic rings. The minimum absolute atomic E-state index is 0.251. The Morgan fingerprint density at radius 1 is 1.21 bits per heavy atom. The number of anilines is 2. The van der Waals surface area contributed by atoms with Gasteiger partial charge in [-0.3, -0.25) is 0 Å². The fraction of sp³-hybridized carbons (Fsp3) is 0.375. The minimum Gasteiger partial charge on any atom is -0.378 e. The Morgan fingerprint density at radius 3 is 2.67 bits per heavy atom. The van der Waals surface area contributed by atoms with Gasteiger partial charge in [0, 0.05) is 31.0 Å². The predicted molar refractivity (Wildman–Crippen MR) is 90.8 cm³/mol. The van der Waals surface area contributed by atoms with E-state index in [1.54, 1.807) is 12.4 Å². The Kier molecular flexibility index (Phi) is 3.73. The van der Waals surface area contributed by atoms with Gasteiger partial charge < -0.3 is 15.4 Å². The molecule has 3 aromatic heterocycles. The largest absolute Gasteiger partial charge is 0.378 e. The molecule has 4 rings (SSSR count). The third-order valence-corrected chi connectivity index (χ3v) is 4.13. The van der Waals surface area contributed by atoms with Crippen LogP contribution in [0.15, 0.2) is 24.7 Å². The molecule has 1 fully saturated rings. The van der Waals surface area contributed by atoms with Crippen LogP contribution in [0.2, 0.25) is 0 Å². The molecule has 8 heteroatoms. The zero-order chi connectivity index (χ0) is 16.5. The number of aryl methyl sites for hydroxylation is 1. The number of fused-ring (bicyclic) bond motifs is 1. The smallest absolute Gasteiger partial charge is 0.219 e. The number of hydrogen-bond acceptors (Lipinski definition) is 7. The fourth-order valence-electron chi connectivity index (χ4n) is 2.82. The van der Waals surface area contributed by atoms with E-state index in [2.05, 4.69) is 33.0 Å². The van der Waals surface area contributed by atoms with Gasteiger partial charge in [-0.2, -0.15) is 5.10 Å². The zero-order valence-electron chi connectivity index (χ0n) is 13.5.